The van der Waals surface area contributed by atoms with E-state index in [9.17, 15) is 4.79 Å². The number of nitrogens with one attached hydrogen (secondary N) is 1. The first kappa shape index (κ1) is 15.4. The summed E-state index contributed by atoms with van der Waals surface area (Å²) in [5.41, 5.74) is 5.04. The van der Waals surface area contributed by atoms with Gasteiger partial charge in [-0.3, -0.25) is 4.79 Å². The fourth-order valence-electron chi connectivity index (χ4n) is 3.21. The maximum Gasteiger partial charge on any atom is 0.226 e. The SMILES string of the molecule is Cc1ccc(-n2nc(C)c3c2NC(=O)CC3c2ccsc2)cc1Cl. The van der Waals surface area contributed by atoms with Crippen LogP contribution in [0.2, 0.25) is 5.02 Å². The number of amides is 1. The van der Waals surface area contributed by atoms with Gasteiger partial charge in [-0.25, -0.2) is 4.68 Å². The van der Waals surface area contributed by atoms with Crippen LogP contribution in [-0.2, 0) is 4.79 Å². The smallest absolute Gasteiger partial charge is 0.226 e. The fraction of sp³-hybridized carbons (Fsp3) is 0.222. The van der Waals surface area contributed by atoms with Gasteiger partial charge in [0.15, 0.2) is 0 Å². The van der Waals surface area contributed by atoms with Gasteiger partial charge in [0.2, 0.25) is 5.91 Å². The van der Waals surface area contributed by atoms with Gasteiger partial charge in [-0.05, 0) is 53.9 Å². The molecule has 0 saturated carbocycles. The zero-order chi connectivity index (χ0) is 16.8. The Morgan fingerprint density at radius 1 is 1.33 bits per heavy atom. The lowest BCUT2D eigenvalue weighted by Crippen LogP contribution is -2.24. The van der Waals surface area contributed by atoms with Gasteiger partial charge in [0.25, 0.3) is 0 Å². The number of anilines is 1. The maximum absolute atomic E-state index is 12.3. The molecule has 1 aliphatic heterocycles. The van der Waals surface area contributed by atoms with Gasteiger partial charge < -0.3 is 5.32 Å². The van der Waals surface area contributed by atoms with Crippen LogP contribution in [0.15, 0.2) is 35.0 Å². The number of hydrogen-bond donors (Lipinski definition) is 1. The number of aryl methyl sites for hydroxylation is 2. The molecule has 3 heterocycles. The van der Waals surface area contributed by atoms with E-state index in [1.165, 1.54) is 5.56 Å². The maximum atomic E-state index is 12.3. The summed E-state index contributed by atoms with van der Waals surface area (Å²) in [5, 5.41) is 12.5. The third-order valence-electron chi connectivity index (χ3n) is 4.45. The Morgan fingerprint density at radius 3 is 2.88 bits per heavy atom. The number of aromatic nitrogens is 2. The van der Waals surface area contributed by atoms with E-state index in [4.69, 9.17) is 11.6 Å². The van der Waals surface area contributed by atoms with Crippen LogP contribution in [0.5, 0.6) is 0 Å². The summed E-state index contributed by atoms with van der Waals surface area (Å²) < 4.78 is 1.78. The molecule has 4 rings (SSSR count). The largest absolute Gasteiger partial charge is 0.310 e. The molecule has 1 unspecified atom stereocenters. The highest BCUT2D eigenvalue weighted by Gasteiger charge is 2.32. The summed E-state index contributed by atoms with van der Waals surface area (Å²) in [4.78, 5) is 12.3. The van der Waals surface area contributed by atoms with Gasteiger partial charge in [-0.2, -0.15) is 16.4 Å². The van der Waals surface area contributed by atoms with E-state index in [2.05, 4.69) is 21.9 Å². The Hall–Kier alpha value is -2.11. The van der Waals surface area contributed by atoms with Crippen molar-refractivity contribution in [1.82, 2.24) is 9.78 Å². The van der Waals surface area contributed by atoms with Gasteiger partial charge in [-0.1, -0.05) is 17.7 Å². The fourth-order valence-corrected chi connectivity index (χ4v) is 4.09. The predicted molar refractivity (Wildman–Crippen MR) is 97.5 cm³/mol. The molecule has 0 aliphatic carbocycles. The molecule has 122 valence electrons. The molecule has 1 aliphatic rings. The van der Waals surface area contributed by atoms with E-state index in [0.717, 1.165) is 28.3 Å². The molecule has 1 amide bonds. The Morgan fingerprint density at radius 2 is 2.17 bits per heavy atom. The zero-order valence-corrected chi connectivity index (χ0v) is 14.9. The second-order valence-corrected chi connectivity index (χ2v) is 7.24. The monoisotopic (exact) mass is 357 g/mol. The second kappa shape index (κ2) is 5.76. The van der Waals surface area contributed by atoms with Gasteiger partial charge in [0, 0.05) is 22.9 Å². The van der Waals surface area contributed by atoms with E-state index in [1.54, 1.807) is 16.0 Å². The van der Waals surface area contributed by atoms with Crippen molar-refractivity contribution < 1.29 is 4.79 Å². The highest BCUT2D eigenvalue weighted by molar-refractivity contribution is 7.08. The number of rotatable bonds is 2. The Labute approximate surface area is 149 Å². The molecule has 0 spiro atoms. The minimum absolute atomic E-state index is 0.0121. The first-order chi connectivity index (χ1) is 11.5. The Balaban J connectivity index is 1.89. The van der Waals surface area contributed by atoms with Crippen molar-refractivity contribution in [1.29, 1.82) is 0 Å². The third kappa shape index (κ3) is 2.44. The molecular formula is C18H16ClN3OS. The minimum Gasteiger partial charge on any atom is -0.310 e. The molecule has 3 aromatic rings. The molecule has 1 N–H and O–H groups in total. The quantitative estimate of drug-likeness (QED) is 0.724. The van der Waals surface area contributed by atoms with Gasteiger partial charge in [0.1, 0.15) is 5.82 Å². The van der Waals surface area contributed by atoms with Crippen LogP contribution >= 0.6 is 22.9 Å². The summed E-state index contributed by atoms with van der Waals surface area (Å²) in [6.07, 6.45) is 0.449. The van der Waals surface area contributed by atoms with Crippen molar-refractivity contribution in [2.45, 2.75) is 26.2 Å². The molecule has 0 radical (unpaired) electrons. The van der Waals surface area contributed by atoms with Crippen LogP contribution in [0, 0.1) is 13.8 Å². The summed E-state index contributed by atoms with van der Waals surface area (Å²) >= 11 is 7.91. The lowest BCUT2D eigenvalue weighted by Gasteiger charge is -2.23. The topological polar surface area (TPSA) is 46.9 Å². The molecule has 1 aromatic carbocycles. The summed E-state index contributed by atoms with van der Waals surface area (Å²) in [7, 11) is 0. The number of hydrogen-bond acceptors (Lipinski definition) is 3. The van der Waals surface area contributed by atoms with Gasteiger partial charge in [0.05, 0.1) is 11.4 Å². The Bertz CT molecular complexity index is 930. The van der Waals surface area contributed by atoms with Crippen LogP contribution in [0.3, 0.4) is 0 Å². The molecular weight excluding hydrogens is 342 g/mol. The highest BCUT2D eigenvalue weighted by atomic mass is 35.5. The lowest BCUT2D eigenvalue weighted by molar-refractivity contribution is -0.116. The average molecular weight is 358 g/mol. The zero-order valence-electron chi connectivity index (χ0n) is 13.3. The molecule has 4 nitrogen and oxygen atoms in total. The van der Waals surface area contributed by atoms with Crippen molar-refractivity contribution in [2.24, 2.45) is 0 Å². The third-order valence-corrected chi connectivity index (χ3v) is 5.56. The minimum atomic E-state index is 0.0121. The number of nitrogens with zero attached hydrogens (tertiary/aromatic N) is 2. The van der Waals surface area contributed by atoms with Gasteiger partial charge in [-0.15, -0.1) is 0 Å². The van der Waals surface area contributed by atoms with Crippen molar-refractivity contribution in [2.75, 3.05) is 5.32 Å². The van der Waals surface area contributed by atoms with E-state index in [0.29, 0.717) is 11.4 Å². The summed E-state index contributed by atoms with van der Waals surface area (Å²) in [6, 6.07) is 7.89. The van der Waals surface area contributed by atoms with Crippen LogP contribution in [-0.4, -0.2) is 15.7 Å². The van der Waals surface area contributed by atoms with Gasteiger partial charge >= 0.3 is 0 Å². The van der Waals surface area contributed by atoms with Crippen LogP contribution in [0.25, 0.3) is 5.69 Å². The van der Waals surface area contributed by atoms with Crippen molar-refractivity contribution in [3.63, 3.8) is 0 Å². The summed E-state index contributed by atoms with van der Waals surface area (Å²) in [6.45, 7) is 3.95. The number of carbonyl (C=O) groups is 1. The average Bonchev–Trinajstić information content (AvgIpc) is 3.18. The number of benzene rings is 1. The Kier molecular flexibility index (Phi) is 3.70. The number of carbonyl (C=O) groups excluding carboxylic acids is 1. The first-order valence-corrected chi connectivity index (χ1v) is 9.04. The molecule has 0 saturated heterocycles. The standard InChI is InChI=1S/C18H16ClN3OS/c1-10-3-4-13(7-15(10)19)22-18-17(11(2)21-22)14(8-16(23)20-18)12-5-6-24-9-12/h3-7,9,14H,8H2,1-2H3,(H,20,23). The highest BCUT2D eigenvalue weighted by Crippen LogP contribution is 2.40. The normalized spacial score (nSPS) is 16.8. The van der Waals surface area contributed by atoms with Crippen LogP contribution < -0.4 is 5.32 Å². The predicted octanol–water partition coefficient (Wildman–Crippen LogP) is 4.68. The van der Waals surface area contributed by atoms with Crippen molar-refractivity contribution >= 4 is 34.7 Å². The molecule has 0 fully saturated rings. The van der Waals surface area contributed by atoms with Crippen LogP contribution in [0.1, 0.15) is 34.7 Å². The number of halogens is 1. The van der Waals surface area contributed by atoms with Crippen LogP contribution in [0.4, 0.5) is 5.82 Å². The molecule has 6 heteroatoms. The molecule has 2 aromatic heterocycles. The number of fused-ring (bicyclic) bond motifs is 1. The molecule has 0 bridgehead atoms. The van der Waals surface area contributed by atoms with Crippen molar-refractivity contribution in [3.05, 3.63) is 62.4 Å². The van der Waals surface area contributed by atoms with E-state index >= 15 is 0 Å². The van der Waals surface area contributed by atoms with E-state index in [1.807, 2.05) is 37.4 Å². The second-order valence-electron chi connectivity index (χ2n) is 6.05. The molecule has 24 heavy (non-hydrogen) atoms. The van der Waals surface area contributed by atoms with Crippen molar-refractivity contribution in [3.8, 4) is 5.69 Å². The van der Waals surface area contributed by atoms with E-state index in [-0.39, 0.29) is 11.8 Å². The van der Waals surface area contributed by atoms with E-state index < -0.39 is 0 Å². The number of thiophene rings is 1. The summed E-state index contributed by atoms with van der Waals surface area (Å²) in [5.74, 6) is 0.813. The molecule has 1 atom stereocenters. The first-order valence-electron chi connectivity index (χ1n) is 7.72. The lowest BCUT2D eigenvalue weighted by atomic mass is 9.87.